The van der Waals surface area contributed by atoms with Crippen molar-refractivity contribution in [1.29, 1.82) is 0 Å². The van der Waals surface area contributed by atoms with Gasteiger partial charge in [0.2, 0.25) is 0 Å². The molecule has 0 bridgehead atoms. The first-order valence-corrected chi connectivity index (χ1v) is 5.82. The SMILES string of the molecule is CN(CC(=O)c1cccc(F)c1)c1cccc(F)c1. The summed E-state index contributed by atoms with van der Waals surface area (Å²) in [6.07, 6.45) is 0. The molecule has 0 amide bonds. The molecule has 0 radical (unpaired) electrons. The Morgan fingerprint density at radius 2 is 1.68 bits per heavy atom. The molecule has 0 atom stereocenters. The Hall–Kier alpha value is -2.23. The first-order valence-electron chi connectivity index (χ1n) is 5.82. The number of carbonyl (C=O) groups is 1. The highest BCUT2D eigenvalue weighted by Gasteiger charge is 2.11. The van der Waals surface area contributed by atoms with Crippen molar-refractivity contribution in [1.82, 2.24) is 0 Å². The van der Waals surface area contributed by atoms with Crippen LogP contribution in [0, 0.1) is 11.6 Å². The number of ketones is 1. The van der Waals surface area contributed by atoms with Crippen LogP contribution in [0.5, 0.6) is 0 Å². The molecule has 0 saturated carbocycles. The highest BCUT2D eigenvalue weighted by molar-refractivity contribution is 5.99. The number of anilines is 1. The number of Topliss-reactive ketones (excluding diaryl/α,β-unsaturated/α-hetero) is 1. The standard InChI is InChI=1S/C15H13F2NO/c1-18(14-7-3-6-13(17)9-14)10-15(19)11-4-2-5-12(16)8-11/h2-9H,10H2,1H3. The van der Waals surface area contributed by atoms with Crippen LogP contribution < -0.4 is 4.90 Å². The van der Waals surface area contributed by atoms with E-state index in [2.05, 4.69) is 0 Å². The van der Waals surface area contributed by atoms with Crippen molar-refractivity contribution in [3.05, 3.63) is 65.7 Å². The van der Waals surface area contributed by atoms with E-state index in [-0.39, 0.29) is 18.1 Å². The Morgan fingerprint density at radius 3 is 2.32 bits per heavy atom. The first-order chi connectivity index (χ1) is 9.06. The molecule has 4 heteroatoms. The summed E-state index contributed by atoms with van der Waals surface area (Å²) in [6, 6.07) is 11.5. The van der Waals surface area contributed by atoms with E-state index in [0.717, 1.165) is 0 Å². The van der Waals surface area contributed by atoms with Gasteiger partial charge in [-0.15, -0.1) is 0 Å². The van der Waals surface area contributed by atoms with Crippen molar-refractivity contribution in [2.24, 2.45) is 0 Å². The minimum absolute atomic E-state index is 0.0624. The van der Waals surface area contributed by atoms with Crippen LogP contribution in [0.3, 0.4) is 0 Å². The number of carbonyl (C=O) groups excluding carboxylic acids is 1. The fourth-order valence-corrected chi connectivity index (χ4v) is 1.77. The van der Waals surface area contributed by atoms with Crippen LogP contribution >= 0.6 is 0 Å². The second-order valence-electron chi connectivity index (χ2n) is 4.27. The van der Waals surface area contributed by atoms with Crippen LogP contribution in [0.25, 0.3) is 0 Å². The fraction of sp³-hybridized carbons (Fsp3) is 0.133. The van der Waals surface area contributed by atoms with E-state index in [1.807, 2.05) is 0 Å². The normalized spacial score (nSPS) is 10.3. The third-order valence-corrected chi connectivity index (χ3v) is 2.78. The Bertz CT molecular complexity index is 598. The van der Waals surface area contributed by atoms with Crippen LogP contribution in [0.4, 0.5) is 14.5 Å². The largest absolute Gasteiger partial charge is 0.367 e. The lowest BCUT2D eigenvalue weighted by atomic mass is 10.1. The molecule has 0 aliphatic heterocycles. The molecule has 2 aromatic rings. The fourth-order valence-electron chi connectivity index (χ4n) is 1.77. The lowest BCUT2D eigenvalue weighted by molar-refractivity contribution is 0.1000. The van der Waals surface area contributed by atoms with Crippen LogP contribution in [0.15, 0.2) is 48.5 Å². The molecule has 2 nitrogen and oxygen atoms in total. The average molecular weight is 261 g/mol. The molecule has 98 valence electrons. The van der Waals surface area contributed by atoms with Gasteiger partial charge >= 0.3 is 0 Å². The maximum atomic E-state index is 13.1. The molecule has 0 spiro atoms. The lowest BCUT2D eigenvalue weighted by Gasteiger charge is -2.18. The highest BCUT2D eigenvalue weighted by Crippen LogP contribution is 2.14. The first kappa shape index (κ1) is 13.2. The maximum absolute atomic E-state index is 13.1. The van der Waals surface area contributed by atoms with Gasteiger partial charge in [0.05, 0.1) is 6.54 Å². The summed E-state index contributed by atoms with van der Waals surface area (Å²) in [6.45, 7) is 0.0624. The Labute approximate surface area is 110 Å². The van der Waals surface area contributed by atoms with Gasteiger partial charge in [0, 0.05) is 18.3 Å². The molecular weight excluding hydrogens is 248 g/mol. The third kappa shape index (κ3) is 3.37. The van der Waals surface area contributed by atoms with Crippen LogP contribution in [0.1, 0.15) is 10.4 Å². The second-order valence-corrected chi connectivity index (χ2v) is 4.27. The van der Waals surface area contributed by atoms with Gasteiger partial charge < -0.3 is 4.90 Å². The molecular formula is C15H13F2NO. The molecule has 0 fully saturated rings. The van der Waals surface area contributed by atoms with E-state index in [4.69, 9.17) is 0 Å². The lowest BCUT2D eigenvalue weighted by Crippen LogP contribution is -2.25. The van der Waals surface area contributed by atoms with Crippen molar-refractivity contribution >= 4 is 11.5 Å². The summed E-state index contributed by atoms with van der Waals surface area (Å²) in [5.74, 6) is -1.02. The van der Waals surface area contributed by atoms with Gasteiger partial charge in [-0.3, -0.25) is 4.79 Å². The molecule has 0 saturated heterocycles. The summed E-state index contributed by atoms with van der Waals surface area (Å²) in [5, 5.41) is 0. The van der Waals surface area contributed by atoms with Gasteiger partial charge in [-0.25, -0.2) is 8.78 Å². The number of likely N-dealkylation sites (N-methyl/N-ethyl adjacent to an activating group) is 1. The van der Waals surface area contributed by atoms with Crippen molar-refractivity contribution in [2.45, 2.75) is 0 Å². The van der Waals surface area contributed by atoms with Crippen molar-refractivity contribution < 1.29 is 13.6 Å². The average Bonchev–Trinajstić information content (AvgIpc) is 2.38. The Balaban J connectivity index is 2.11. The molecule has 0 aliphatic carbocycles. The third-order valence-electron chi connectivity index (χ3n) is 2.78. The number of benzene rings is 2. The smallest absolute Gasteiger partial charge is 0.182 e. The second kappa shape index (κ2) is 5.61. The molecule has 0 aromatic heterocycles. The van der Waals surface area contributed by atoms with E-state index in [1.54, 1.807) is 30.1 Å². The minimum Gasteiger partial charge on any atom is -0.367 e. The monoisotopic (exact) mass is 261 g/mol. The topological polar surface area (TPSA) is 20.3 Å². The van der Waals surface area contributed by atoms with E-state index >= 15 is 0 Å². The number of halogens is 2. The summed E-state index contributed by atoms with van der Waals surface area (Å²) < 4.78 is 26.1. The highest BCUT2D eigenvalue weighted by atomic mass is 19.1. The Morgan fingerprint density at radius 1 is 1.05 bits per heavy atom. The number of rotatable bonds is 4. The number of hydrogen-bond donors (Lipinski definition) is 0. The molecule has 2 rings (SSSR count). The Kier molecular flexibility index (Phi) is 3.90. The summed E-state index contributed by atoms with van der Waals surface area (Å²) in [7, 11) is 1.69. The molecule has 2 aromatic carbocycles. The number of hydrogen-bond acceptors (Lipinski definition) is 2. The van der Waals surface area contributed by atoms with E-state index in [0.29, 0.717) is 11.3 Å². The van der Waals surface area contributed by atoms with Crippen LogP contribution in [-0.2, 0) is 0 Å². The van der Waals surface area contributed by atoms with Gasteiger partial charge in [-0.2, -0.15) is 0 Å². The van der Waals surface area contributed by atoms with Crippen molar-refractivity contribution in [3.63, 3.8) is 0 Å². The maximum Gasteiger partial charge on any atom is 0.182 e. The van der Waals surface area contributed by atoms with Gasteiger partial charge in [-0.1, -0.05) is 18.2 Å². The summed E-state index contributed by atoms with van der Waals surface area (Å²) in [4.78, 5) is 13.6. The summed E-state index contributed by atoms with van der Waals surface area (Å²) in [5.41, 5.74) is 0.910. The minimum atomic E-state index is -0.445. The van der Waals surface area contributed by atoms with Crippen LogP contribution in [-0.4, -0.2) is 19.4 Å². The predicted molar refractivity (Wildman–Crippen MR) is 70.4 cm³/mol. The van der Waals surface area contributed by atoms with Crippen LogP contribution in [0.2, 0.25) is 0 Å². The molecule has 0 aliphatic rings. The zero-order valence-electron chi connectivity index (χ0n) is 10.4. The van der Waals surface area contributed by atoms with E-state index < -0.39 is 5.82 Å². The van der Waals surface area contributed by atoms with Gasteiger partial charge in [0.1, 0.15) is 11.6 Å². The number of nitrogens with zero attached hydrogens (tertiary/aromatic N) is 1. The van der Waals surface area contributed by atoms with Gasteiger partial charge in [0.25, 0.3) is 0 Å². The van der Waals surface area contributed by atoms with Gasteiger partial charge in [0.15, 0.2) is 5.78 Å². The van der Waals surface area contributed by atoms with E-state index in [9.17, 15) is 13.6 Å². The molecule has 19 heavy (non-hydrogen) atoms. The van der Waals surface area contributed by atoms with Crippen molar-refractivity contribution in [2.75, 3.05) is 18.5 Å². The molecule has 0 unspecified atom stereocenters. The summed E-state index contributed by atoms with van der Waals surface area (Å²) >= 11 is 0. The quantitative estimate of drug-likeness (QED) is 0.787. The molecule has 0 heterocycles. The zero-order chi connectivity index (χ0) is 13.8. The predicted octanol–water partition coefficient (Wildman–Crippen LogP) is 3.28. The van der Waals surface area contributed by atoms with Gasteiger partial charge in [-0.05, 0) is 30.3 Å². The zero-order valence-corrected chi connectivity index (χ0v) is 10.4. The van der Waals surface area contributed by atoms with Crippen molar-refractivity contribution in [3.8, 4) is 0 Å². The van der Waals surface area contributed by atoms with E-state index in [1.165, 1.54) is 30.3 Å². The molecule has 0 N–H and O–H groups in total.